The first-order valence-corrected chi connectivity index (χ1v) is 8.42. The number of fused-ring (bicyclic) bond motifs is 1. The number of aromatic nitrogens is 5. The molecule has 2 aromatic rings. The molecule has 2 aliphatic rings. The van der Waals surface area contributed by atoms with E-state index in [-0.39, 0.29) is 5.69 Å². The fourth-order valence-corrected chi connectivity index (χ4v) is 2.96. The molecule has 2 aliphatic heterocycles. The molecular formula is C18H11ClF3N5O. The van der Waals surface area contributed by atoms with E-state index in [1.165, 1.54) is 6.20 Å². The van der Waals surface area contributed by atoms with Gasteiger partial charge in [0.05, 0.1) is 29.7 Å². The van der Waals surface area contributed by atoms with Crippen molar-refractivity contribution in [2.45, 2.75) is 12.7 Å². The standard InChI is InChI=1S/C18H11ClF3N5O/c19-15-4-3-11(7-24-15)10-26-5-1-2-14-16(26)25-17(28)27(14)13-6-12(8-23-9-13)18(20,21)22/h1-9H,10H2. The van der Waals surface area contributed by atoms with Crippen molar-refractivity contribution in [1.82, 2.24) is 24.1 Å². The van der Waals surface area contributed by atoms with E-state index >= 15 is 0 Å². The topological polar surface area (TPSA) is 65.6 Å². The summed E-state index contributed by atoms with van der Waals surface area (Å²) in [6.45, 7) is 0.360. The van der Waals surface area contributed by atoms with E-state index in [1.54, 1.807) is 41.2 Å². The van der Waals surface area contributed by atoms with Crippen LogP contribution in [0.1, 0.15) is 11.1 Å². The molecule has 10 heteroatoms. The highest BCUT2D eigenvalue weighted by Gasteiger charge is 2.31. The Balaban J connectivity index is 1.78. The number of halogens is 4. The minimum absolute atomic E-state index is 0.00626. The van der Waals surface area contributed by atoms with Crippen LogP contribution in [0.25, 0.3) is 17.2 Å². The van der Waals surface area contributed by atoms with Crippen LogP contribution in [0.3, 0.4) is 0 Å². The van der Waals surface area contributed by atoms with Crippen LogP contribution in [0.15, 0.2) is 59.9 Å². The summed E-state index contributed by atoms with van der Waals surface area (Å²) < 4.78 is 41.8. The molecular weight excluding hydrogens is 395 g/mol. The molecule has 6 nitrogen and oxygen atoms in total. The molecule has 0 saturated carbocycles. The van der Waals surface area contributed by atoms with Crippen molar-refractivity contribution in [3.63, 3.8) is 0 Å². The van der Waals surface area contributed by atoms with Gasteiger partial charge in [-0.15, -0.1) is 0 Å². The van der Waals surface area contributed by atoms with Crippen molar-refractivity contribution in [3.8, 4) is 17.2 Å². The summed E-state index contributed by atoms with van der Waals surface area (Å²) >= 11 is 5.79. The Bertz CT molecular complexity index is 1170. The van der Waals surface area contributed by atoms with Gasteiger partial charge >= 0.3 is 11.9 Å². The predicted octanol–water partition coefficient (Wildman–Crippen LogP) is 3.65. The summed E-state index contributed by atoms with van der Waals surface area (Å²) in [5, 5.41) is 0.357. The molecule has 2 aromatic heterocycles. The van der Waals surface area contributed by atoms with E-state index in [1.807, 2.05) is 0 Å². The molecule has 0 N–H and O–H groups in total. The number of nitrogens with zero attached hydrogens (tertiary/aromatic N) is 5. The van der Waals surface area contributed by atoms with Crippen LogP contribution in [0.4, 0.5) is 13.2 Å². The van der Waals surface area contributed by atoms with Crippen molar-refractivity contribution < 1.29 is 13.2 Å². The summed E-state index contributed by atoms with van der Waals surface area (Å²) in [4.78, 5) is 24.1. The van der Waals surface area contributed by atoms with Gasteiger partial charge in [0, 0.05) is 18.6 Å². The number of hydrogen-bond donors (Lipinski definition) is 0. The summed E-state index contributed by atoms with van der Waals surface area (Å²) in [7, 11) is 0. The molecule has 0 radical (unpaired) electrons. The van der Waals surface area contributed by atoms with Crippen molar-refractivity contribution in [3.05, 3.63) is 81.9 Å². The van der Waals surface area contributed by atoms with Crippen molar-refractivity contribution in [2.24, 2.45) is 0 Å². The maximum absolute atomic E-state index is 13.0. The quantitative estimate of drug-likeness (QED) is 0.488. The lowest BCUT2D eigenvalue weighted by Gasteiger charge is -2.13. The second-order valence-electron chi connectivity index (χ2n) is 5.99. The Morgan fingerprint density at radius 3 is 2.64 bits per heavy atom. The monoisotopic (exact) mass is 405 g/mol. The molecule has 0 atom stereocenters. The Labute approximate surface area is 161 Å². The summed E-state index contributed by atoms with van der Waals surface area (Å²) in [5.74, 6) is 0.333. The first-order chi connectivity index (χ1) is 13.3. The first kappa shape index (κ1) is 18.2. The smallest absolute Gasteiger partial charge is 0.327 e. The number of hydrogen-bond acceptors (Lipinski definition) is 4. The van der Waals surface area contributed by atoms with Crippen LogP contribution < -0.4 is 5.69 Å². The molecule has 142 valence electrons. The van der Waals surface area contributed by atoms with Gasteiger partial charge in [-0.1, -0.05) is 17.7 Å². The first-order valence-electron chi connectivity index (χ1n) is 8.04. The van der Waals surface area contributed by atoms with Crippen LogP contribution in [0, 0.1) is 0 Å². The van der Waals surface area contributed by atoms with Gasteiger partial charge in [0.2, 0.25) is 0 Å². The zero-order valence-electron chi connectivity index (χ0n) is 14.1. The SMILES string of the molecule is O=c1nc2n(Cc3ccc(Cl)nc3)cccc-2n1-c1cncc(C(F)(F)F)c1. The molecule has 0 amide bonds. The third kappa shape index (κ3) is 3.36. The van der Waals surface area contributed by atoms with Gasteiger partial charge in [0.15, 0.2) is 5.82 Å². The van der Waals surface area contributed by atoms with Crippen molar-refractivity contribution in [2.75, 3.05) is 0 Å². The van der Waals surface area contributed by atoms with Crippen LogP contribution in [0.2, 0.25) is 5.15 Å². The summed E-state index contributed by atoms with van der Waals surface area (Å²) in [6.07, 6.45) is 0.654. The minimum Gasteiger partial charge on any atom is -0.327 e. The molecule has 0 unspecified atom stereocenters. The van der Waals surface area contributed by atoms with E-state index in [2.05, 4.69) is 15.0 Å². The lowest BCUT2D eigenvalue weighted by molar-refractivity contribution is -0.137. The van der Waals surface area contributed by atoms with E-state index in [0.717, 1.165) is 16.2 Å². The number of imidazole rings is 1. The fraction of sp³-hybridized carbons (Fsp3) is 0.111. The van der Waals surface area contributed by atoms with Gasteiger partial charge in [-0.2, -0.15) is 18.2 Å². The zero-order chi connectivity index (χ0) is 19.9. The normalized spacial score (nSPS) is 11.9. The Hall–Kier alpha value is -3.20. The van der Waals surface area contributed by atoms with Crippen LogP contribution in [-0.4, -0.2) is 24.1 Å². The van der Waals surface area contributed by atoms with Crippen LogP contribution in [-0.2, 0) is 12.7 Å². The fourth-order valence-electron chi connectivity index (χ4n) is 2.85. The molecule has 0 aliphatic carbocycles. The second-order valence-corrected chi connectivity index (χ2v) is 6.38. The van der Waals surface area contributed by atoms with E-state index < -0.39 is 17.4 Å². The van der Waals surface area contributed by atoms with Gasteiger partial charge in [-0.05, 0) is 29.8 Å². The Kier molecular flexibility index (Phi) is 4.38. The molecule has 4 heterocycles. The lowest BCUT2D eigenvalue weighted by atomic mass is 10.2. The maximum Gasteiger partial charge on any atom is 0.417 e. The average Bonchev–Trinajstić information content (AvgIpc) is 3.00. The third-order valence-corrected chi connectivity index (χ3v) is 4.33. The minimum atomic E-state index is -4.57. The molecule has 0 spiro atoms. The highest BCUT2D eigenvalue weighted by Crippen LogP contribution is 2.30. The number of rotatable bonds is 3. The largest absolute Gasteiger partial charge is 0.417 e. The highest BCUT2D eigenvalue weighted by atomic mass is 35.5. The average molecular weight is 406 g/mol. The molecule has 0 bridgehead atoms. The third-order valence-electron chi connectivity index (χ3n) is 4.11. The Morgan fingerprint density at radius 1 is 1.11 bits per heavy atom. The van der Waals surface area contributed by atoms with Crippen molar-refractivity contribution >= 4 is 11.6 Å². The van der Waals surface area contributed by atoms with Gasteiger partial charge in [-0.25, -0.2) is 9.78 Å². The van der Waals surface area contributed by atoms with Gasteiger partial charge in [-0.3, -0.25) is 9.55 Å². The van der Waals surface area contributed by atoms with Crippen molar-refractivity contribution in [1.29, 1.82) is 0 Å². The van der Waals surface area contributed by atoms with E-state index in [0.29, 0.717) is 29.4 Å². The van der Waals surface area contributed by atoms with Gasteiger partial charge < -0.3 is 4.57 Å². The summed E-state index contributed by atoms with van der Waals surface area (Å²) in [5.41, 5.74) is -0.444. The molecule has 28 heavy (non-hydrogen) atoms. The number of alkyl halides is 3. The van der Waals surface area contributed by atoms with Gasteiger partial charge in [0.1, 0.15) is 5.15 Å². The summed E-state index contributed by atoms with van der Waals surface area (Å²) in [6, 6.07) is 7.59. The van der Waals surface area contributed by atoms with Crippen LogP contribution >= 0.6 is 11.6 Å². The molecule has 4 rings (SSSR count). The van der Waals surface area contributed by atoms with Gasteiger partial charge in [0.25, 0.3) is 0 Å². The Morgan fingerprint density at radius 2 is 1.93 bits per heavy atom. The molecule has 0 saturated heterocycles. The second kappa shape index (κ2) is 6.75. The van der Waals surface area contributed by atoms with E-state index in [9.17, 15) is 18.0 Å². The van der Waals surface area contributed by atoms with Crippen LogP contribution in [0.5, 0.6) is 0 Å². The van der Waals surface area contributed by atoms with E-state index in [4.69, 9.17) is 11.6 Å². The maximum atomic E-state index is 13.0. The zero-order valence-corrected chi connectivity index (χ0v) is 14.8. The predicted molar refractivity (Wildman–Crippen MR) is 95.6 cm³/mol. The highest BCUT2D eigenvalue weighted by molar-refractivity contribution is 6.29. The number of pyridine rings is 3. The lowest BCUT2D eigenvalue weighted by Crippen LogP contribution is -2.16. The molecule has 0 aromatic carbocycles. The molecule has 0 fully saturated rings.